The van der Waals surface area contributed by atoms with Crippen LogP contribution >= 0.6 is 0 Å². The number of nitrogen functional groups attached to an aromatic ring is 1. The van der Waals surface area contributed by atoms with Crippen molar-refractivity contribution >= 4 is 15.7 Å². The van der Waals surface area contributed by atoms with Crippen LogP contribution in [-0.4, -0.2) is 31.8 Å². The SMILES string of the molecule is Cc1ccc(Oc2cccc(S(=O)(=O)N(C)C)c2N)cn1. The second-order valence-electron chi connectivity index (χ2n) is 4.69. The lowest BCUT2D eigenvalue weighted by molar-refractivity contribution is 0.479. The molecule has 0 aliphatic heterocycles. The highest BCUT2D eigenvalue weighted by Gasteiger charge is 2.22. The van der Waals surface area contributed by atoms with Crippen LogP contribution in [-0.2, 0) is 10.0 Å². The Labute approximate surface area is 124 Å². The van der Waals surface area contributed by atoms with Crippen LogP contribution in [0.3, 0.4) is 0 Å². The molecule has 0 unspecified atom stereocenters. The third-order valence-electron chi connectivity index (χ3n) is 2.90. The van der Waals surface area contributed by atoms with Gasteiger partial charge in [0, 0.05) is 19.8 Å². The van der Waals surface area contributed by atoms with Crippen LogP contribution in [0.25, 0.3) is 0 Å². The highest BCUT2D eigenvalue weighted by atomic mass is 32.2. The molecular weight excluding hydrogens is 290 g/mol. The molecule has 0 bridgehead atoms. The zero-order valence-electron chi connectivity index (χ0n) is 12.1. The summed E-state index contributed by atoms with van der Waals surface area (Å²) in [4.78, 5) is 4.13. The van der Waals surface area contributed by atoms with Crippen molar-refractivity contribution in [1.29, 1.82) is 0 Å². The Morgan fingerprint density at radius 2 is 1.90 bits per heavy atom. The molecule has 1 aromatic heterocycles. The van der Waals surface area contributed by atoms with Crippen molar-refractivity contribution in [2.75, 3.05) is 19.8 Å². The maximum Gasteiger partial charge on any atom is 0.244 e. The standard InChI is InChI=1S/C14H17N3O3S/c1-10-7-8-11(9-16-10)20-12-5-4-6-13(14(12)15)21(18,19)17(2)3/h4-9H,15H2,1-3H3. The van der Waals surface area contributed by atoms with Crippen molar-refractivity contribution < 1.29 is 13.2 Å². The second-order valence-corrected chi connectivity index (χ2v) is 6.81. The quantitative estimate of drug-likeness (QED) is 0.873. The van der Waals surface area contributed by atoms with E-state index in [9.17, 15) is 8.42 Å². The predicted octanol–water partition coefficient (Wildman–Crippen LogP) is 2.01. The second kappa shape index (κ2) is 5.71. The number of sulfonamides is 1. The number of ether oxygens (including phenoxy) is 1. The summed E-state index contributed by atoms with van der Waals surface area (Å²) in [5, 5.41) is 0. The minimum atomic E-state index is -3.62. The Morgan fingerprint density at radius 3 is 2.48 bits per heavy atom. The van der Waals surface area contributed by atoms with Gasteiger partial charge in [0.05, 0.1) is 11.9 Å². The first-order valence-electron chi connectivity index (χ1n) is 6.24. The smallest absolute Gasteiger partial charge is 0.244 e. The van der Waals surface area contributed by atoms with E-state index in [1.807, 2.05) is 6.92 Å². The summed E-state index contributed by atoms with van der Waals surface area (Å²) in [6.07, 6.45) is 1.56. The van der Waals surface area contributed by atoms with E-state index in [4.69, 9.17) is 10.5 Å². The molecule has 21 heavy (non-hydrogen) atoms. The number of aryl methyl sites for hydroxylation is 1. The van der Waals surface area contributed by atoms with Crippen molar-refractivity contribution in [1.82, 2.24) is 9.29 Å². The van der Waals surface area contributed by atoms with Gasteiger partial charge in [0.2, 0.25) is 10.0 Å². The van der Waals surface area contributed by atoms with Crippen molar-refractivity contribution in [2.45, 2.75) is 11.8 Å². The molecule has 0 saturated carbocycles. The third kappa shape index (κ3) is 3.14. The molecule has 0 spiro atoms. The van der Waals surface area contributed by atoms with Gasteiger partial charge < -0.3 is 10.5 Å². The number of anilines is 1. The van der Waals surface area contributed by atoms with Crippen molar-refractivity contribution in [3.05, 3.63) is 42.2 Å². The van der Waals surface area contributed by atoms with Crippen LogP contribution in [0.4, 0.5) is 5.69 Å². The molecule has 2 N–H and O–H groups in total. The van der Waals surface area contributed by atoms with Gasteiger partial charge in [-0.2, -0.15) is 0 Å². The number of pyridine rings is 1. The molecule has 1 aromatic carbocycles. The molecule has 2 aromatic rings. The van der Waals surface area contributed by atoms with E-state index in [1.165, 1.54) is 20.2 Å². The Bertz CT molecular complexity index is 741. The minimum absolute atomic E-state index is 0.0186. The van der Waals surface area contributed by atoms with Gasteiger partial charge in [-0.3, -0.25) is 4.98 Å². The highest BCUT2D eigenvalue weighted by molar-refractivity contribution is 7.89. The van der Waals surface area contributed by atoms with Gasteiger partial charge in [-0.1, -0.05) is 6.07 Å². The van der Waals surface area contributed by atoms with Gasteiger partial charge in [0.1, 0.15) is 10.6 Å². The molecular formula is C14H17N3O3S. The van der Waals surface area contributed by atoms with Crippen molar-refractivity contribution in [3.63, 3.8) is 0 Å². The van der Waals surface area contributed by atoms with Crippen LogP contribution in [0.2, 0.25) is 0 Å². The molecule has 0 saturated heterocycles. The van der Waals surface area contributed by atoms with E-state index in [0.717, 1.165) is 10.00 Å². The fourth-order valence-electron chi connectivity index (χ4n) is 1.68. The third-order valence-corrected chi connectivity index (χ3v) is 4.77. The molecule has 7 heteroatoms. The van der Waals surface area contributed by atoms with E-state index in [1.54, 1.807) is 30.5 Å². The summed E-state index contributed by atoms with van der Waals surface area (Å²) >= 11 is 0. The molecule has 0 aliphatic rings. The maximum atomic E-state index is 12.2. The predicted molar refractivity (Wildman–Crippen MR) is 80.8 cm³/mol. The molecule has 0 fully saturated rings. The summed E-state index contributed by atoms with van der Waals surface area (Å²) in [5.41, 5.74) is 6.87. The molecule has 112 valence electrons. The van der Waals surface area contributed by atoms with Gasteiger partial charge in [0.15, 0.2) is 5.75 Å². The van der Waals surface area contributed by atoms with Crippen LogP contribution in [0.5, 0.6) is 11.5 Å². The number of aromatic nitrogens is 1. The summed E-state index contributed by atoms with van der Waals surface area (Å²) in [6.45, 7) is 1.86. The Kier molecular flexibility index (Phi) is 4.15. The van der Waals surface area contributed by atoms with E-state index >= 15 is 0 Å². The van der Waals surface area contributed by atoms with Gasteiger partial charge in [-0.05, 0) is 31.2 Å². The average Bonchev–Trinajstić information content (AvgIpc) is 2.43. The Balaban J connectivity index is 2.41. The molecule has 2 rings (SSSR count). The average molecular weight is 307 g/mol. The fourth-order valence-corrected chi connectivity index (χ4v) is 2.70. The molecule has 0 atom stereocenters. The minimum Gasteiger partial charge on any atom is -0.454 e. The number of nitrogens with two attached hydrogens (primary N) is 1. The first-order valence-corrected chi connectivity index (χ1v) is 7.68. The molecule has 0 aliphatic carbocycles. The zero-order chi connectivity index (χ0) is 15.6. The van der Waals surface area contributed by atoms with Gasteiger partial charge in [-0.25, -0.2) is 12.7 Å². The summed E-state index contributed by atoms with van der Waals surface area (Å²) in [5.74, 6) is 0.773. The number of benzene rings is 1. The van der Waals surface area contributed by atoms with E-state index in [2.05, 4.69) is 4.98 Å². The number of rotatable bonds is 4. The van der Waals surface area contributed by atoms with Crippen LogP contribution in [0.1, 0.15) is 5.69 Å². The number of hydrogen-bond acceptors (Lipinski definition) is 5. The van der Waals surface area contributed by atoms with E-state index < -0.39 is 10.0 Å². The normalized spacial score (nSPS) is 11.6. The monoisotopic (exact) mass is 307 g/mol. The van der Waals surface area contributed by atoms with Crippen LogP contribution < -0.4 is 10.5 Å². The van der Waals surface area contributed by atoms with Crippen LogP contribution in [0.15, 0.2) is 41.4 Å². The largest absolute Gasteiger partial charge is 0.454 e. The maximum absolute atomic E-state index is 12.2. The first kappa shape index (κ1) is 15.3. The van der Waals surface area contributed by atoms with E-state index in [-0.39, 0.29) is 16.3 Å². The summed E-state index contributed by atoms with van der Waals surface area (Å²) in [7, 11) is -0.715. The Hall–Kier alpha value is -2.12. The van der Waals surface area contributed by atoms with Crippen LogP contribution in [0, 0.1) is 6.92 Å². The lowest BCUT2D eigenvalue weighted by Crippen LogP contribution is -2.23. The first-order chi connectivity index (χ1) is 9.82. The summed E-state index contributed by atoms with van der Waals surface area (Å²) < 4.78 is 31.1. The number of para-hydroxylation sites is 1. The molecule has 6 nitrogen and oxygen atoms in total. The molecule has 0 radical (unpaired) electrons. The lowest BCUT2D eigenvalue weighted by atomic mass is 10.3. The number of nitrogens with zero attached hydrogens (tertiary/aromatic N) is 2. The molecule has 0 amide bonds. The van der Waals surface area contributed by atoms with Crippen molar-refractivity contribution in [2.24, 2.45) is 0 Å². The van der Waals surface area contributed by atoms with E-state index in [0.29, 0.717) is 5.75 Å². The molecule has 1 heterocycles. The number of hydrogen-bond donors (Lipinski definition) is 1. The highest BCUT2D eigenvalue weighted by Crippen LogP contribution is 2.33. The Morgan fingerprint density at radius 1 is 1.19 bits per heavy atom. The summed E-state index contributed by atoms with van der Waals surface area (Å²) in [6, 6.07) is 8.19. The fraction of sp³-hybridized carbons (Fsp3) is 0.214. The topological polar surface area (TPSA) is 85.5 Å². The van der Waals surface area contributed by atoms with Gasteiger partial charge in [0.25, 0.3) is 0 Å². The van der Waals surface area contributed by atoms with Crippen molar-refractivity contribution in [3.8, 4) is 11.5 Å². The lowest BCUT2D eigenvalue weighted by Gasteiger charge is -2.15. The zero-order valence-corrected chi connectivity index (χ0v) is 12.9. The van der Waals surface area contributed by atoms with Gasteiger partial charge in [-0.15, -0.1) is 0 Å². The van der Waals surface area contributed by atoms with Gasteiger partial charge >= 0.3 is 0 Å².